The maximum atomic E-state index is 13.0. The average Bonchev–Trinajstić information content (AvgIpc) is 3.31. The molecule has 0 spiro atoms. The molecule has 2 aliphatic heterocycles. The van der Waals surface area contributed by atoms with Crippen molar-refractivity contribution in [1.29, 1.82) is 0 Å². The molecule has 1 fully saturated rings. The number of nitrogens with one attached hydrogen (secondary N) is 2. The Kier molecular flexibility index (Phi) is 5.54. The first-order chi connectivity index (χ1) is 16.0. The number of fused-ring (bicyclic) bond motifs is 3. The Labute approximate surface area is 191 Å². The third kappa shape index (κ3) is 4.31. The zero-order chi connectivity index (χ0) is 22.9. The van der Waals surface area contributed by atoms with E-state index in [2.05, 4.69) is 26.6 Å². The molecule has 2 N–H and O–H groups in total. The molecule has 2 aromatic carbocycles. The van der Waals surface area contributed by atoms with E-state index in [1.54, 1.807) is 0 Å². The lowest BCUT2D eigenvalue weighted by atomic mass is 9.94. The summed E-state index contributed by atoms with van der Waals surface area (Å²) in [7, 11) is 0. The van der Waals surface area contributed by atoms with E-state index in [9.17, 15) is 14.0 Å². The van der Waals surface area contributed by atoms with E-state index in [4.69, 9.17) is 0 Å². The Morgan fingerprint density at radius 1 is 1.15 bits per heavy atom. The summed E-state index contributed by atoms with van der Waals surface area (Å²) in [5.41, 5.74) is 5.18. The third-order valence-electron chi connectivity index (χ3n) is 6.38. The summed E-state index contributed by atoms with van der Waals surface area (Å²) in [5, 5.41) is 6.21. The van der Waals surface area contributed by atoms with Crippen LogP contribution in [0.1, 0.15) is 40.0 Å². The van der Waals surface area contributed by atoms with Gasteiger partial charge in [0.05, 0.1) is 6.04 Å². The number of pyridine rings is 1. The number of halogens is 1. The number of ketones is 1. The molecular formula is C26H25FN4O2. The molecule has 0 radical (unpaired) electrons. The van der Waals surface area contributed by atoms with Gasteiger partial charge in [-0.25, -0.2) is 9.37 Å². The second-order valence-corrected chi connectivity index (χ2v) is 8.60. The number of rotatable bonds is 5. The smallest absolute Gasteiger partial charge is 0.255 e. The number of amides is 1. The van der Waals surface area contributed by atoms with E-state index < -0.39 is 0 Å². The summed E-state index contributed by atoms with van der Waals surface area (Å²) in [6.07, 6.45) is 2.46. The van der Waals surface area contributed by atoms with Crippen molar-refractivity contribution >= 4 is 28.9 Å². The van der Waals surface area contributed by atoms with Gasteiger partial charge in [0, 0.05) is 53.8 Å². The molecule has 1 atom stereocenters. The second kappa shape index (κ2) is 8.65. The van der Waals surface area contributed by atoms with Crippen LogP contribution in [0.15, 0.2) is 54.6 Å². The zero-order valence-corrected chi connectivity index (χ0v) is 18.4. The van der Waals surface area contributed by atoms with Crippen molar-refractivity contribution in [2.24, 2.45) is 0 Å². The predicted molar refractivity (Wildman–Crippen MR) is 126 cm³/mol. The summed E-state index contributed by atoms with van der Waals surface area (Å²) in [5.74, 6) is 0.436. The van der Waals surface area contributed by atoms with Crippen molar-refractivity contribution in [2.45, 2.75) is 38.8 Å². The number of aromatic nitrogens is 1. The lowest BCUT2D eigenvalue weighted by Crippen LogP contribution is -2.41. The summed E-state index contributed by atoms with van der Waals surface area (Å²) < 4.78 is 13.0. The first-order valence-electron chi connectivity index (χ1n) is 11.2. The monoisotopic (exact) mass is 444 g/mol. The number of carbonyl (C=O) groups is 2. The van der Waals surface area contributed by atoms with Crippen LogP contribution in [0.4, 0.5) is 21.6 Å². The molecule has 1 saturated heterocycles. The highest BCUT2D eigenvalue weighted by Gasteiger charge is 2.37. The number of hydrogen-bond acceptors (Lipinski definition) is 5. The Hall–Kier alpha value is -3.74. The second-order valence-electron chi connectivity index (χ2n) is 8.60. The van der Waals surface area contributed by atoms with Crippen molar-refractivity contribution < 1.29 is 14.0 Å². The molecule has 3 aromatic rings. The zero-order valence-electron chi connectivity index (χ0n) is 18.4. The van der Waals surface area contributed by atoms with Crippen molar-refractivity contribution in [3.05, 3.63) is 82.8 Å². The summed E-state index contributed by atoms with van der Waals surface area (Å²) in [6, 6.07) is 15.1. The molecule has 6 nitrogen and oxygen atoms in total. The van der Waals surface area contributed by atoms with E-state index in [0.29, 0.717) is 30.0 Å². The van der Waals surface area contributed by atoms with E-state index in [-0.39, 0.29) is 17.8 Å². The normalized spacial score (nSPS) is 16.8. The van der Waals surface area contributed by atoms with Gasteiger partial charge < -0.3 is 15.5 Å². The van der Waals surface area contributed by atoms with E-state index in [1.165, 1.54) is 24.3 Å². The summed E-state index contributed by atoms with van der Waals surface area (Å²) in [6.45, 7) is 3.46. The molecule has 7 heteroatoms. The van der Waals surface area contributed by atoms with Gasteiger partial charge in [-0.15, -0.1) is 0 Å². The molecule has 3 heterocycles. The van der Waals surface area contributed by atoms with Gasteiger partial charge in [0.15, 0.2) is 5.78 Å². The molecule has 33 heavy (non-hydrogen) atoms. The number of aryl methyl sites for hydroxylation is 1. The number of hydrogen-bond donors (Lipinski definition) is 2. The highest BCUT2D eigenvalue weighted by molar-refractivity contribution is 6.04. The Morgan fingerprint density at radius 2 is 1.91 bits per heavy atom. The van der Waals surface area contributed by atoms with Crippen LogP contribution < -0.4 is 15.5 Å². The molecule has 0 unspecified atom stereocenters. The SMILES string of the molecule is Cc1nc(NCc2ccc(NC(=O)c3ccc(F)cc3)cc2)cc2c1CC(=O)[C@@H]1CCCN21. The molecule has 2 aliphatic rings. The minimum absolute atomic E-state index is 0.0183. The molecule has 168 valence electrons. The first-order valence-corrected chi connectivity index (χ1v) is 11.2. The van der Waals surface area contributed by atoms with Gasteiger partial charge in [0.2, 0.25) is 0 Å². The lowest BCUT2D eigenvalue weighted by molar-refractivity contribution is -0.119. The molecule has 0 saturated carbocycles. The van der Waals surface area contributed by atoms with Gasteiger partial charge in [-0.1, -0.05) is 12.1 Å². The highest BCUT2D eigenvalue weighted by atomic mass is 19.1. The Morgan fingerprint density at radius 3 is 2.67 bits per heavy atom. The van der Waals surface area contributed by atoms with Crippen LogP contribution in [0.3, 0.4) is 0 Å². The maximum absolute atomic E-state index is 13.0. The first kappa shape index (κ1) is 21.1. The number of carbonyl (C=O) groups excluding carboxylic acids is 2. The number of Topliss-reactive ketones (excluding diaryl/α,β-unsaturated/α-hetero) is 1. The molecular weight excluding hydrogens is 419 g/mol. The molecule has 5 rings (SSSR count). The van der Waals surface area contributed by atoms with Crippen LogP contribution in [0.25, 0.3) is 0 Å². The predicted octanol–water partition coefficient (Wildman–Crippen LogP) is 4.49. The summed E-state index contributed by atoms with van der Waals surface area (Å²) >= 11 is 0. The lowest BCUT2D eigenvalue weighted by Gasteiger charge is -2.33. The fourth-order valence-electron chi connectivity index (χ4n) is 4.63. The highest BCUT2D eigenvalue weighted by Crippen LogP contribution is 2.37. The topological polar surface area (TPSA) is 74.3 Å². The molecule has 1 amide bonds. The van der Waals surface area contributed by atoms with Gasteiger partial charge in [-0.2, -0.15) is 0 Å². The van der Waals surface area contributed by atoms with Crippen LogP contribution in [-0.4, -0.2) is 29.3 Å². The van der Waals surface area contributed by atoms with Gasteiger partial charge in [0.25, 0.3) is 5.91 Å². The minimum atomic E-state index is -0.374. The van der Waals surface area contributed by atoms with Crippen molar-refractivity contribution in [3.63, 3.8) is 0 Å². The van der Waals surface area contributed by atoms with Crippen molar-refractivity contribution in [1.82, 2.24) is 4.98 Å². The van der Waals surface area contributed by atoms with E-state index >= 15 is 0 Å². The van der Waals surface area contributed by atoms with Crippen LogP contribution >= 0.6 is 0 Å². The number of nitrogens with zero attached hydrogens (tertiary/aromatic N) is 2. The van der Waals surface area contributed by atoms with Gasteiger partial charge >= 0.3 is 0 Å². The average molecular weight is 445 g/mol. The standard InChI is InChI=1S/C26H25FN4O2/c1-16-21-13-24(32)22-3-2-12-31(22)23(21)14-25(29-16)28-15-17-4-10-20(11-5-17)30-26(33)18-6-8-19(27)9-7-18/h4-11,14,22H,2-3,12-13,15H2,1H3,(H,28,29)(H,30,33)/t22-/m0/s1. The van der Waals surface area contributed by atoms with E-state index in [1.807, 2.05) is 31.2 Å². The van der Waals surface area contributed by atoms with Crippen molar-refractivity contribution in [2.75, 3.05) is 22.1 Å². The summed E-state index contributed by atoms with van der Waals surface area (Å²) in [4.78, 5) is 31.6. The largest absolute Gasteiger partial charge is 0.366 e. The van der Waals surface area contributed by atoms with Gasteiger partial charge in [-0.05, 0) is 61.7 Å². The minimum Gasteiger partial charge on any atom is -0.366 e. The maximum Gasteiger partial charge on any atom is 0.255 e. The fourth-order valence-corrected chi connectivity index (χ4v) is 4.63. The van der Waals surface area contributed by atoms with Gasteiger partial charge in [-0.3, -0.25) is 9.59 Å². The van der Waals surface area contributed by atoms with Crippen LogP contribution in [0.5, 0.6) is 0 Å². The fraction of sp³-hybridized carbons (Fsp3) is 0.269. The number of benzene rings is 2. The molecule has 0 aliphatic carbocycles. The Balaban J connectivity index is 1.24. The quantitative estimate of drug-likeness (QED) is 0.607. The van der Waals surface area contributed by atoms with Gasteiger partial charge in [0.1, 0.15) is 11.6 Å². The van der Waals surface area contributed by atoms with Crippen LogP contribution in [-0.2, 0) is 17.8 Å². The number of anilines is 3. The van der Waals surface area contributed by atoms with E-state index in [0.717, 1.165) is 47.7 Å². The molecule has 1 aromatic heterocycles. The third-order valence-corrected chi connectivity index (χ3v) is 6.38. The van der Waals surface area contributed by atoms with Crippen LogP contribution in [0.2, 0.25) is 0 Å². The Bertz CT molecular complexity index is 1210. The van der Waals surface area contributed by atoms with Crippen LogP contribution in [0, 0.1) is 12.7 Å². The van der Waals surface area contributed by atoms with Crippen molar-refractivity contribution in [3.8, 4) is 0 Å². The molecule has 0 bridgehead atoms.